The zero-order valence-corrected chi connectivity index (χ0v) is 19.7. The van der Waals surface area contributed by atoms with Gasteiger partial charge in [-0.15, -0.1) is 24.0 Å². The average molecular weight is 500 g/mol. The van der Waals surface area contributed by atoms with Crippen molar-refractivity contribution in [3.63, 3.8) is 0 Å². The van der Waals surface area contributed by atoms with Crippen LogP contribution in [0.2, 0.25) is 0 Å². The van der Waals surface area contributed by atoms with Crippen molar-refractivity contribution in [1.29, 1.82) is 0 Å². The van der Waals surface area contributed by atoms with Gasteiger partial charge in [-0.25, -0.2) is 8.42 Å². The van der Waals surface area contributed by atoms with Crippen molar-refractivity contribution in [3.05, 3.63) is 0 Å². The van der Waals surface area contributed by atoms with Crippen molar-refractivity contribution in [2.24, 2.45) is 10.4 Å². The number of rotatable bonds is 9. The van der Waals surface area contributed by atoms with Crippen molar-refractivity contribution in [2.45, 2.75) is 58.4 Å². The standard InChI is InChI=1S/C18H36N4O2S.HI/c1-4-16-8-6-7-12-22(16)13-11-20-17(19-5-2)21-14-18(9-10-18)15-25(3,23)24;/h16H,4-15H2,1-3H3,(H2,19,20,21);1H. The number of guanidine groups is 1. The fraction of sp³-hybridized carbons (Fsp3) is 0.944. The van der Waals surface area contributed by atoms with E-state index >= 15 is 0 Å². The van der Waals surface area contributed by atoms with Gasteiger partial charge in [0.15, 0.2) is 5.96 Å². The summed E-state index contributed by atoms with van der Waals surface area (Å²) >= 11 is 0. The molecule has 0 amide bonds. The second kappa shape index (κ2) is 11.0. The molecule has 0 aromatic rings. The minimum absolute atomic E-state index is 0. The van der Waals surface area contributed by atoms with Crippen LogP contribution in [-0.2, 0) is 9.84 Å². The lowest BCUT2D eigenvalue weighted by atomic mass is 10.0. The monoisotopic (exact) mass is 500 g/mol. The number of nitrogens with one attached hydrogen (secondary N) is 2. The molecule has 8 heteroatoms. The molecule has 154 valence electrons. The number of piperidine rings is 1. The van der Waals surface area contributed by atoms with Gasteiger partial charge in [-0.3, -0.25) is 9.89 Å². The van der Waals surface area contributed by atoms with Crippen LogP contribution >= 0.6 is 24.0 Å². The van der Waals surface area contributed by atoms with Gasteiger partial charge in [-0.1, -0.05) is 13.3 Å². The van der Waals surface area contributed by atoms with Gasteiger partial charge in [0, 0.05) is 43.9 Å². The zero-order valence-electron chi connectivity index (χ0n) is 16.6. The Morgan fingerprint density at radius 3 is 2.54 bits per heavy atom. The van der Waals surface area contributed by atoms with Gasteiger partial charge in [-0.05, 0) is 45.6 Å². The second-order valence-corrected chi connectivity index (χ2v) is 9.93. The van der Waals surface area contributed by atoms with Crippen LogP contribution in [0.1, 0.15) is 52.4 Å². The van der Waals surface area contributed by atoms with Crippen molar-refractivity contribution in [3.8, 4) is 0 Å². The molecule has 1 unspecified atom stereocenters. The highest BCUT2D eigenvalue weighted by Crippen LogP contribution is 2.46. The first-order valence-electron chi connectivity index (χ1n) is 9.81. The van der Waals surface area contributed by atoms with E-state index in [-0.39, 0.29) is 35.1 Å². The lowest BCUT2D eigenvalue weighted by Crippen LogP contribution is -2.46. The Balaban J connectivity index is 0.00000338. The van der Waals surface area contributed by atoms with Crippen LogP contribution in [0.4, 0.5) is 0 Å². The third-order valence-corrected chi connectivity index (χ3v) is 6.49. The lowest BCUT2D eigenvalue weighted by Gasteiger charge is -2.35. The molecular formula is C18H37IN4O2S. The number of likely N-dealkylation sites (tertiary alicyclic amines) is 1. The van der Waals surface area contributed by atoms with Crippen LogP contribution in [0, 0.1) is 5.41 Å². The van der Waals surface area contributed by atoms with Gasteiger partial charge in [-0.2, -0.15) is 0 Å². The van der Waals surface area contributed by atoms with Gasteiger partial charge in [0.2, 0.25) is 0 Å². The molecule has 1 atom stereocenters. The molecule has 1 saturated heterocycles. The SMILES string of the molecule is CCNC(=NCC1(CS(C)(=O)=O)CC1)NCCN1CCCCC1CC.I. The molecule has 1 heterocycles. The Labute approximate surface area is 176 Å². The summed E-state index contributed by atoms with van der Waals surface area (Å²) in [5.74, 6) is 1.07. The lowest BCUT2D eigenvalue weighted by molar-refractivity contribution is 0.147. The van der Waals surface area contributed by atoms with Gasteiger partial charge in [0.1, 0.15) is 9.84 Å². The highest BCUT2D eigenvalue weighted by molar-refractivity contribution is 14.0. The van der Waals surface area contributed by atoms with Gasteiger partial charge in [0.05, 0.1) is 5.75 Å². The maximum atomic E-state index is 11.6. The number of nitrogens with zero attached hydrogens (tertiary/aromatic N) is 2. The van der Waals surface area contributed by atoms with E-state index in [2.05, 4.69) is 34.4 Å². The molecule has 0 spiro atoms. The van der Waals surface area contributed by atoms with E-state index in [1.807, 2.05) is 0 Å². The largest absolute Gasteiger partial charge is 0.357 e. The second-order valence-electron chi connectivity index (χ2n) is 7.79. The van der Waals surface area contributed by atoms with Crippen LogP contribution < -0.4 is 10.6 Å². The van der Waals surface area contributed by atoms with Gasteiger partial charge >= 0.3 is 0 Å². The van der Waals surface area contributed by atoms with Crippen LogP contribution in [0.3, 0.4) is 0 Å². The van der Waals surface area contributed by atoms with Gasteiger partial charge in [0.25, 0.3) is 0 Å². The molecule has 2 fully saturated rings. The van der Waals surface area contributed by atoms with Crippen LogP contribution in [0.15, 0.2) is 4.99 Å². The summed E-state index contributed by atoms with van der Waals surface area (Å²) < 4.78 is 23.2. The predicted octanol–water partition coefficient (Wildman–Crippen LogP) is 2.25. The smallest absolute Gasteiger partial charge is 0.191 e. The van der Waals surface area contributed by atoms with E-state index in [9.17, 15) is 8.42 Å². The summed E-state index contributed by atoms with van der Waals surface area (Å²) in [5.41, 5.74) is -0.115. The minimum Gasteiger partial charge on any atom is -0.357 e. The third-order valence-electron chi connectivity index (χ3n) is 5.35. The highest BCUT2D eigenvalue weighted by atomic mass is 127. The average Bonchev–Trinajstić information content (AvgIpc) is 3.31. The van der Waals surface area contributed by atoms with Crippen molar-refractivity contribution in [2.75, 3.05) is 44.7 Å². The van der Waals surface area contributed by atoms with Crippen molar-refractivity contribution < 1.29 is 8.42 Å². The summed E-state index contributed by atoms with van der Waals surface area (Å²) in [6, 6.07) is 0.722. The first-order valence-corrected chi connectivity index (χ1v) is 11.9. The van der Waals surface area contributed by atoms with E-state index in [4.69, 9.17) is 0 Å². The number of hydrogen-bond acceptors (Lipinski definition) is 4. The maximum Gasteiger partial charge on any atom is 0.191 e. The summed E-state index contributed by atoms with van der Waals surface area (Å²) in [5, 5.41) is 6.70. The predicted molar refractivity (Wildman–Crippen MR) is 120 cm³/mol. The molecule has 26 heavy (non-hydrogen) atoms. The number of hydrogen-bond donors (Lipinski definition) is 2. The molecule has 0 radical (unpaired) electrons. The Bertz CT molecular complexity index is 549. The first kappa shape index (κ1) is 23.9. The molecule has 6 nitrogen and oxygen atoms in total. The topological polar surface area (TPSA) is 73.8 Å². The third kappa shape index (κ3) is 8.29. The molecule has 2 N–H and O–H groups in total. The van der Waals surface area contributed by atoms with Crippen LogP contribution in [-0.4, -0.2) is 70.1 Å². The molecule has 1 saturated carbocycles. The maximum absolute atomic E-state index is 11.6. The van der Waals surface area contributed by atoms with Crippen LogP contribution in [0.5, 0.6) is 0 Å². The molecule has 0 aromatic heterocycles. The van der Waals surface area contributed by atoms with E-state index in [1.54, 1.807) is 0 Å². The fourth-order valence-corrected chi connectivity index (χ4v) is 5.30. The van der Waals surface area contributed by atoms with E-state index < -0.39 is 9.84 Å². The van der Waals surface area contributed by atoms with E-state index in [0.29, 0.717) is 6.54 Å². The van der Waals surface area contributed by atoms with Gasteiger partial charge < -0.3 is 10.6 Å². The van der Waals surface area contributed by atoms with E-state index in [0.717, 1.165) is 44.5 Å². The van der Waals surface area contributed by atoms with Crippen LogP contribution in [0.25, 0.3) is 0 Å². The quantitative estimate of drug-likeness (QED) is 0.289. The molecule has 1 aliphatic carbocycles. The summed E-state index contributed by atoms with van der Waals surface area (Å²) in [4.78, 5) is 7.25. The normalized spacial score (nSPS) is 23.2. The molecule has 2 aliphatic rings. The summed E-state index contributed by atoms with van der Waals surface area (Å²) in [6.07, 6.45) is 8.46. The molecular weight excluding hydrogens is 463 g/mol. The Morgan fingerprint density at radius 2 is 1.96 bits per heavy atom. The highest BCUT2D eigenvalue weighted by Gasteiger charge is 2.45. The first-order chi connectivity index (χ1) is 11.9. The number of halogens is 1. The summed E-state index contributed by atoms with van der Waals surface area (Å²) in [7, 11) is -2.94. The Morgan fingerprint density at radius 1 is 1.23 bits per heavy atom. The minimum atomic E-state index is -2.94. The zero-order chi connectivity index (χ0) is 18.3. The fourth-order valence-electron chi connectivity index (χ4n) is 3.80. The van der Waals surface area contributed by atoms with E-state index in [1.165, 1.54) is 38.5 Å². The molecule has 1 aliphatic heterocycles. The molecule has 0 aromatic carbocycles. The number of sulfone groups is 1. The molecule has 2 rings (SSSR count). The Kier molecular flexibility index (Phi) is 10.2. The van der Waals surface area contributed by atoms with Crippen molar-refractivity contribution >= 4 is 39.8 Å². The number of aliphatic imine (C=N–C) groups is 1. The molecule has 0 bridgehead atoms. The Hall–Kier alpha value is -0.0900. The summed E-state index contributed by atoms with van der Waals surface area (Å²) in [6.45, 7) is 8.85. The van der Waals surface area contributed by atoms with Crippen molar-refractivity contribution in [1.82, 2.24) is 15.5 Å².